The number of nitrogens with zero attached hydrogens (tertiary/aromatic N) is 4. The SMILES string of the molecule is CCN(C(=O)c1nn(C)c(C)c1Br)c1cccnc1. The monoisotopic (exact) mass is 322 g/mol. The van der Waals surface area contributed by atoms with Crippen molar-refractivity contribution in [3.05, 3.63) is 40.4 Å². The van der Waals surface area contributed by atoms with Gasteiger partial charge < -0.3 is 4.90 Å². The summed E-state index contributed by atoms with van der Waals surface area (Å²) in [5.74, 6) is -0.133. The van der Waals surface area contributed by atoms with Crippen LogP contribution in [0.2, 0.25) is 0 Å². The number of anilines is 1. The summed E-state index contributed by atoms with van der Waals surface area (Å²) < 4.78 is 2.43. The lowest BCUT2D eigenvalue weighted by molar-refractivity contribution is 0.0982. The van der Waals surface area contributed by atoms with Crippen LogP contribution in [-0.4, -0.2) is 27.2 Å². The number of hydrogen-bond acceptors (Lipinski definition) is 3. The second kappa shape index (κ2) is 5.52. The number of carbonyl (C=O) groups excluding carboxylic acids is 1. The van der Waals surface area contributed by atoms with E-state index in [0.717, 1.165) is 15.9 Å². The van der Waals surface area contributed by atoms with Crippen molar-refractivity contribution in [3.8, 4) is 0 Å². The topological polar surface area (TPSA) is 51.0 Å². The van der Waals surface area contributed by atoms with Gasteiger partial charge in [0, 0.05) is 19.8 Å². The molecule has 2 aromatic heterocycles. The minimum Gasteiger partial charge on any atom is -0.306 e. The predicted molar refractivity (Wildman–Crippen MR) is 77.2 cm³/mol. The number of halogens is 1. The van der Waals surface area contributed by atoms with Gasteiger partial charge in [-0.2, -0.15) is 5.10 Å². The number of rotatable bonds is 3. The first-order chi connectivity index (χ1) is 9.06. The molecule has 0 bridgehead atoms. The first-order valence-electron chi connectivity index (χ1n) is 5.97. The van der Waals surface area contributed by atoms with E-state index in [0.29, 0.717) is 12.2 Å². The van der Waals surface area contributed by atoms with E-state index in [1.54, 1.807) is 22.0 Å². The maximum Gasteiger partial charge on any atom is 0.279 e. The van der Waals surface area contributed by atoms with Gasteiger partial charge in [0.25, 0.3) is 5.91 Å². The number of hydrogen-bond donors (Lipinski definition) is 0. The van der Waals surface area contributed by atoms with Crippen LogP contribution in [0.15, 0.2) is 29.0 Å². The molecule has 6 heteroatoms. The van der Waals surface area contributed by atoms with E-state index in [1.807, 2.05) is 33.0 Å². The second-order valence-electron chi connectivity index (χ2n) is 4.13. The molecule has 2 aromatic rings. The van der Waals surface area contributed by atoms with Crippen LogP contribution in [0.3, 0.4) is 0 Å². The highest BCUT2D eigenvalue weighted by Gasteiger charge is 2.23. The van der Waals surface area contributed by atoms with E-state index in [1.165, 1.54) is 0 Å². The van der Waals surface area contributed by atoms with Crippen LogP contribution in [0.4, 0.5) is 5.69 Å². The fourth-order valence-electron chi connectivity index (χ4n) is 1.80. The van der Waals surface area contributed by atoms with Crippen LogP contribution in [0, 0.1) is 6.92 Å². The minimum absolute atomic E-state index is 0.133. The molecule has 0 aliphatic rings. The number of aromatic nitrogens is 3. The quantitative estimate of drug-likeness (QED) is 0.872. The highest BCUT2D eigenvalue weighted by molar-refractivity contribution is 9.10. The van der Waals surface area contributed by atoms with Gasteiger partial charge in [-0.05, 0) is 41.9 Å². The van der Waals surface area contributed by atoms with Gasteiger partial charge in [-0.15, -0.1) is 0 Å². The molecule has 0 N–H and O–H groups in total. The predicted octanol–water partition coefficient (Wildman–Crippen LogP) is 2.55. The van der Waals surface area contributed by atoms with Crippen molar-refractivity contribution >= 4 is 27.5 Å². The first kappa shape index (κ1) is 13.7. The Labute approximate surface area is 120 Å². The van der Waals surface area contributed by atoms with Crippen molar-refractivity contribution in [2.75, 3.05) is 11.4 Å². The lowest BCUT2D eigenvalue weighted by Crippen LogP contribution is -2.31. The molecule has 0 spiro atoms. The van der Waals surface area contributed by atoms with Gasteiger partial charge >= 0.3 is 0 Å². The van der Waals surface area contributed by atoms with Crippen LogP contribution in [0.1, 0.15) is 23.1 Å². The molecule has 0 saturated carbocycles. The summed E-state index contributed by atoms with van der Waals surface area (Å²) in [7, 11) is 1.82. The third-order valence-electron chi connectivity index (χ3n) is 2.98. The number of aryl methyl sites for hydroxylation is 1. The Morgan fingerprint density at radius 2 is 2.26 bits per heavy atom. The normalized spacial score (nSPS) is 10.5. The third-order valence-corrected chi connectivity index (χ3v) is 3.93. The molecule has 0 atom stereocenters. The molecule has 0 saturated heterocycles. The molecule has 2 rings (SSSR count). The molecule has 1 amide bonds. The zero-order valence-electron chi connectivity index (χ0n) is 11.1. The molecule has 5 nitrogen and oxygen atoms in total. The molecule has 19 heavy (non-hydrogen) atoms. The standard InChI is InChI=1S/C13H15BrN4O/c1-4-18(10-6-5-7-15-8-10)13(19)12-11(14)9(2)17(3)16-12/h5-8H,4H2,1-3H3. The van der Waals surface area contributed by atoms with Crippen LogP contribution >= 0.6 is 15.9 Å². The van der Waals surface area contributed by atoms with E-state index < -0.39 is 0 Å². The summed E-state index contributed by atoms with van der Waals surface area (Å²) in [6.07, 6.45) is 3.35. The molecule has 0 aromatic carbocycles. The summed E-state index contributed by atoms with van der Waals surface area (Å²) in [5.41, 5.74) is 2.11. The molecule has 0 aliphatic heterocycles. The van der Waals surface area contributed by atoms with E-state index in [2.05, 4.69) is 26.0 Å². The van der Waals surface area contributed by atoms with E-state index >= 15 is 0 Å². The summed E-state index contributed by atoms with van der Waals surface area (Å²) in [6, 6.07) is 3.67. The van der Waals surface area contributed by atoms with Gasteiger partial charge in [0.05, 0.1) is 22.1 Å². The summed E-state index contributed by atoms with van der Waals surface area (Å²) >= 11 is 3.43. The maximum absolute atomic E-state index is 12.6. The Balaban J connectivity index is 2.39. The Morgan fingerprint density at radius 1 is 1.53 bits per heavy atom. The zero-order chi connectivity index (χ0) is 14.0. The highest BCUT2D eigenvalue weighted by atomic mass is 79.9. The van der Waals surface area contributed by atoms with E-state index in [4.69, 9.17) is 0 Å². The third kappa shape index (κ3) is 2.53. The molecule has 0 unspecified atom stereocenters. The van der Waals surface area contributed by atoms with Gasteiger partial charge in [-0.1, -0.05) is 0 Å². The lowest BCUT2D eigenvalue weighted by atomic mass is 10.3. The van der Waals surface area contributed by atoms with Crippen molar-refractivity contribution in [1.29, 1.82) is 0 Å². The summed E-state index contributed by atoms with van der Waals surface area (Å²) in [6.45, 7) is 4.40. The van der Waals surface area contributed by atoms with Gasteiger partial charge in [-0.25, -0.2) is 0 Å². The minimum atomic E-state index is -0.133. The number of amides is 1. The number of carbonyl (C=O) groups is 1. The highest BCUT2D eigenvalue weighted by Crippen LogP contribution is 2.23. The molecule has 0 radical (unpaired) electrons. The van der Waals surface area contributed by atoms with Gasteiger partial charge in [0.15, 0.2) is 5.69 Å². The summed E-state index contributed by atoms with van der Waals surface area (Å²) in [5, 5.41) is 4.26. The zero-order valence-corrected chi connectivity index (χ0v) is 12.7. The van der Waals surface area contributed by atoms with Crippen LogP contribution in [0.25, 0.3) is 0 Å². The Morgan fingerprint density at radius 3 is 2.74 bits per heavy atom. The van der Waals surface area contributed by atoms with Crippen molar-refractivity contribution in [2.24, 2.45) is 7.05 Å². The van der Waals surface area contributed by atoms with Gasteiger partial charge in [0.2, 0.25) is 0 Å². The largest absolute Gasteiger partial charge is 0.306 e. The fourth-order valence-corrected chi connectivity index (χ4v) is 2.31. The molecular weight excluding hydrogens is 308 g/mol. The molecule has 2 heterocycles. The van der Waals surface area contributed by atoms with E-state index in [9.17, 15) is 4.79 Å². The van der Waals surface area contributed by atoms with E-state index in [-0.39, 0.29) is 5.91 Å². The fraction of sp³-hybridized carbons (Fsp3) is 0.308. The smallest absolute Gasteiger partial charge is 0.279 e. The average Bonchev–Trinajstić information content (AvgIpc) is 2.68. The Hall–Kier alpha value is -1.69. The van der Waals surface area contributed by atoms with Crippen molar-refractivity contribution in [2.45, 2.75) is 13.8 Å². The Kier molecular flexibility index (Phi) is 3.99. The molecule has 0 aliphatic carbocycles. The maximum atomic E-state index is 12.6. The van der Waals surface area contributed by atoms with Crippen LogP contribution < -0.4 is 4.90 Å². The second-order valence-corrected chi connectivity index (χ2v) is 4.93. The van der Waals surface area contributed by atoms with Gasteiger partial charge in [0.1, 0.15) is 0 Å². The van der Waals surface area contributed by atoms with Gasteiger partial charge in [-0.3, -0.25) is 14.5 Å². The summed E-state index contributed by atoms with van der Waals surface area (Å²) in [4.78, 5) is 18.3. The average molecular weight is 323 g/mol. The van der Waals surface area contributed by atoms with Crippen molar-refractivity contribution in [3.63, 3.8) is 0 Å². The van der Waals surface area contributed by atoms with Crippen molar-refractivity contribution in [1.82, 2.24) is 14.8 Å². The molecule has 0 fully saturated rings. The van der Waals surface area contributed by atoms with Crippen LogP contribution in [-0.2, 0) is 7.05 Å². The molecular formula is C13H15BrN4O. The molecule has 100 valence electrons. The Bertz CT molecular complexity index is 594. The van der Waals surface area contributed by atoms with Crippen LogP contribution in [0.5, 0.6) is 0 Å². The lowest BCUT2D eigenvalue weighted by Gasteiger charge is -2.19. The first-order valence-corrected chi connectivity index (χ1v) is 6.76. The number of pyridine rings is 1. The van der Waals surface area contributed by atoms with Crippen molar-refractivity contribution < 1.29 is 4.79 Å².